The fourth-order valence-electron chi connectivity index (χ4n) is 4.05. The molecule has 0 atom stereocenters. The maximum atomic E-state index is 6.13. The summed E-state index contributed by atoms with van der Waals surface area (Å²) < 4.78 is 13.9. The van der Waals surface area contributed by atoms with Crippen molar-refractivity contribution in [2.45, 2.75) is 0 Å². The molecular formula is C32H23N3O2. The van der Waals surface area contributed by atoms with Crippen molar-refractivity contribution in [2.24, 2.45) is 0 Å². The number of imidazole rings is 1. The van der Waals surface area contributed by atoms with Gasteiger partial charge in [-0.15, -0.1) is 0 Å². The van der Waals surface area contributed by atoms with Crippen molar-refractivity contribution in [1.29, 1.82) is 0 Å². The molecule has 37 heavy (non-hydrogen) atoms. The van der Waals surface area contributed by atoms with Crippen LogP contribution in [0.1, 0.15) is 0 Å². The smallest absolute Gasteiger partial charge is 0.219 e. The van der Waals surface area contributed by atoms with Crippen LogP contribution in [0.2, 0.25) is 0 Å². The lowest BCUT2D eigenvalue weighted by Gasteiger charge is -2.10. The van der Waals surface area contributed by atoms with Crippen LogP contribution in [0.4, 0.5) is 0 Å². The molecular weight excluding hydrogens is 458 g/mol. The second kappa shape index (κ2) is 10.2. The molecule has 5 nitrogen and oxygen atoms in total. The van der Waals surface area contributed by atoms with Crippen LogP contribution in [0, 0.1) is 0 Å². The Morgan fingerprint density at radius 2 is 1.19 bits per heavy atom. The van der Waals surface area contributed by atoms with Gasteiger partial charge < -0.3 is 14.0 Å². The number of hydrogen-bond acceptors (Lipinski definition) is 4. The van der Waals surface area contributed by atoms with Gasteiger partial charge >= 0.3 is 0 Å². The quantitative estimate of drug-likeness (QED) is 0.231. The van der Waals surface area contributed by atoms with Crippen LogP contribution in [0.15, 0.2) is 140 Å². The molecule has 0 bridgehead atoms. The third-order valence-electron chi connectivity index (χ3n) is 5.89. The average molecular weight is 482 g/mol. The zero-order valence-electron chi connectivity index (χ0n) is 19.9. The maximum Gasteiger partial charge on any atom is 0.219 e. The van der Waals surface area contributed by atoms with Crippen LogP contribution in [0.25, 0.3) is 28.1 Å². The molecule has 5 heteroatoms. The monoisotopic (exact) mass is 481 g/mol. The lowest BCUT2D eigenvalue weighted by molar-refractivity contribution is 0.449. The van der Waals surface area contributed by atoms with Crippen molar-refractivity contribution in [3.05, 3.63) is 140 Å². The molecule has 6 aromatic rings. The first kappa shape index (κ1) is 22.3. The molecule has 0 amide bonds. The highest BCUT2D eigenvalue weighted by Gasteiger charge is 2.07. The highest BCUT2D eigenvalue weighted by Crippen LogP contribution is 2.29. The van der Waals surface area contributed by atoms with Crippen molar-refractivity contribution in [2.75, 3.05) is 0 Å². The summed E-state index contributed by atoms with van der Waals surface area (Å²) in [5.74, 6) is 2.59. The largest absolute Gasteiger partial charge is 0.457 e. The maximum absolute atomic E-state index is 6.13. The molecule has 6 rings (SSSR count). The minimum Gasteiger partial charge on any atom is -0.457 e. The van der Waals surface area contributed by atoms with E-state index in [0.29, 0.717) is 17.4 Å². The van der Waals surface area contributed by atoms with Crippen LogP contribution >= 0.6 is 0 Å². The Balaban J connectivity index is 1.18. The highest BCUT2D eigenvalue weighted by molar-refractivity contribution is 5.68. The number of benzene rings is 4. The molecule has 0 saturated heterocycles. The van der Waals surface area contributed by atoms with Crippen molar-refractivity contribution in [3.63, 3.8) is 0 Å². The zero-order chi connectivity index (χ0) is 24.9. The zero-order valence-corrected chi connectivity index (χ0v) is 19.9. The number of ether oxygens (including phenoxy) is 2. The molecule has 2 heterocycles. The van der Waals surface area contributed by atoms with E-state index in [2.05, 4.69) is 58.5 Å². The van der Waals surface area contributed by atoms with Crippen molar-refractivity contribution >= 4 is 0 Å². The number of hydrogen-bond donors (Lipinski definition) is 0. The van der Waals surface area contributed by atoms with Gasteiger partial charge in [0.05, 0.1) is 17.7 Å². The van der Waals surface area contributed by atoms with Crippen LogP contribution in [-0.4, -0.2) is 14.5 Å². The molecule has 0 aliphatic rings. The minimum atomic E-state index is 0.535. The van der Waals surface area contributed by atoms with E-state index in [9.17, 15) is 0 Å². The summed E-state index contributed by atoms with van der Waals surface area (Å²) in [5.41, 5.74) is 5.31. The van der Waals surface area contributed by atoms with E-state index in [1.807, 2.05) is 89.9 Å². The fraction of sp³-hybridized carbons (Fsp3) is 0. The summed E-state index contributed by atoms with van der Waals surface area (Å²) in [5, 5.41) is 0. The number of aromatic nitrogens is 3. The molecule has 0 aliphatic heterocycles. The van der Waals surface area contributed by atoms with Crippen LogP contribution in [0.5, 0.6) is 23.1 Å². The van der Waals surface area contributed by atoms with Gasteiger partial charge in [-0.1, -0.05) is 72.8 Å². The van der Waals surface area contributed by atoms with Gasteiger partial charge in [-0.25, -0.2) is 9.97 Å². The predicted octanol–water partition coefficient (Wildman–Crippen LogP) is 8.19. The van der Waals surface area contributed by atoms with Crippen LogP contribution < -0.4 is 9.47 Å². The molecule has 0 spiro atoms. The van der Waals surface area contributed by atoms with Gasteiger partial charge in [-0.3, -0.25) is 0 Å². The molecule has 0 aliphatic carbocycles. The predicted molar refractivity (Wildman–Crippen MR) is 145 cm³/mol. The summed E-state index contributed by atoms with van der Waals surface area (Å²) in [7, 11) is 0. The summed E-state index contributed by atoms with van der Waals surface area (Å²) >= 11 is 0. The molecule has 4 aromatic carbocycles. The minimum absolute atomic E-state index is 0.535. The van der Waals surface area contributed by atoms with E-state index in [-0.39, 0.29) is 0 Å². The third-order valence-corrected chi connectivity index (χ3v) is 5.89. The SMILES string of the molecule is c1ccc(-c2ccc(-c3cn(-c4cccc(Oc5cccc(Oc6ccccn6)c5)c4)cn3)cc2)cc1. The van der Waals surface area contributed by atoms with Gasteiger partial charge in [-0.05, 0) is 41.5 Å². The van der Waals surface area contributed by atoms with Crippen LogP contribution in [0.3, 0.4) is 0 Å². The first-order chi connectivity index (χ1) is 18.3. The Morgan fingerprint density at radius 1 is 0.514 bits per heavy atom. The number of nitrogens with zero attached hydrogens (tertiary/aromatic N) is 3. The van der Waals surface area contributed by atoms with Crippen molar-refractivity contribution in [1.82, 2.24) is 14.5 Å². The van der Waals surface area contributed by atoms with E-state index in [1.54, 1.807) is 6.20 Å². The van der Waals surface area contributed by atoms with E-state index in [1.165, 1.54) is 11.1 Å². The highest BCUT2D eigenvalue weighted by atomic mass is 16.5. The fourth-order valence-corrected chi connectivity index (χ4v) is 4.05. The topological polar surface area (TPSA) is 49.2 Å². The second-order valence-electron chi connectivity index (χ2n) is 8.45. The average Bonchev–Trinajstić information content (AvgIpc) is 3.45. The molecule has 0 radical (unpaired) electrons. The van der Waals surface area contributed by atoms with Crippen molar-refractivity contribution in [3.8, 4) is 51.2 Å². The van der Waals surface area contributed by atoms with Gasteiger partial charge in [0.1, 0.15) is 17.2 Å². The Labute approximate surface area is 215 Å². The van der Waals surface area contributed by atoms with Gasteiger partial charge in [0.2, 0.25) is 5.88 Å². The summed E-state index contributed by atoms with van der Waals surface area (Å²) in [4.78, 5) is 8.83. The van der Waals surface area contributed by atoms with Gasteiger partial charge in [0.15, 0.2) is 0 Å². The molecule has 0 unspecified atom stereocenters. The lowest BCUT2D eigenvalue weighted by Crippen LogP contribution is -1.92. The van der Waals surface area contributed by atoms with Gasteiger partial charge in [-0.2, -0.15) is 0 Å². The second-order valence-corrected chi connectivity index (χ2v) is 8.45. The molecule has 0 N–H and O–H groups in total. The van der Waals surface area contributed by atoms with E-state index in [0.717, 1.165) is 22.7 Å². The number of pyridine rings is 1. The molecule has 2 aromatic heterocycles. The Hall–Kier alpha value is -5.16. The first-order valence-corrected chi connectivity index (χ1v) is 12.0. The Morgan fingerprint density at radius 3 is 1.97 bits per heavy atom. The summed E-state index contributed by atoms with van der Waals surface area (Å²) in [6.07, 6.45) is 5.54. The molecule has 0 saturated carbocycles. The van der Waals surface area contributed by atoms with Crippen LogP contribution in [-0.2, 0) is 0 Å². The van der Waals surface area contributed by atoms with Crippen molar-refractivity contribution < 1.29 is 9.47 Å². The van der Waals surface area contributed by atoms with Gasteiger partial charge in [0.25, 0.3) is 0 Å². The summed E-state index contributed by atoms with van der Waals surface area (Å²) in [6.45, 7) is 0. The van der Waals surface area contributed by atoms with E-state index < -0.39 is 0 Å². The van der Waals surface area contributed by atoms with E-state index >= 15 is 0 Å². The Kier molecular flexibility index (Phi) is 6.16. The molecule has 0 fully saturated rings. The summed E-state index contributed by atoms with van der Waals surface area (Å²) in [6, 6.07) is 39.8. The Bertz CT molecular complexity index is 1610. The van der Waals surface area contributed by atoms with Gasteiger partial charge in [0, 0.05) is 36.2 Å². The number of rotatable bonds is 7. The normalized spacial score (nSPS) is 10.7. The third kappa shape index (κ3) is 5.26. The standard InChI is InChI=1S/C32H23N3O2/c1-2-8-24(9-3-1)25-15-17-26(18-16-25)31-22-35(23-34-31)27-10-6-11-28(20-27)36-29-12-7-13-30(21-29)37-32-14-4-5-19-33-32/h1-23H. The first-order valence-electron chi connectivity index (χ1n) is 12.0. The molecule has 178 valence electrons. The van der Waals surface area contributed by atoms with E-state index in [4.69, 9.17) is 9.47 Å². The lowest BCUT2D eigenvalue weighted by atomic mass is 10.0.